The number of hydrogen-bond acceptors (Lipinski definition) is 8. The van der Waals surface area contributed by atoms with Crippen LogP contribution < -0.4 is 0 Å². The highest BCUT2D eigenvalue weighted by atomic mass is 16.5. The van der Waals surface area contributed by atoms with E-state index in [1.54, 1.807) is 0 Å². The van der Waals surface area contributed by atoms with Crippen LogP contribution in [-0.4, -0.2) is 64.4 Å². The maximum atomic E-state index is 12.4. The van der Waals surface area contributed by atoms with Gasteiger partial charge in [0.25, 0.3) is 0 Å². The quantitative estimate of drug-likeness (QED) is 0.346. The van der Waals surface area contributed by atoms with Crippen molar-refractivity contribution in [2.45, 2.75) is 46.1 Å². The lowest BCUT2D eigenvalue weighted by Gasteiger charge is -2.40. The van der Waals surface area contributed by atoms with E-state index >= 15 is 0 Å². The number of amides is 2. The van der Waals surface area contributed by atoms with Gasteiger partial charge in [0, 0.05) is 19.5 Å². The standard InChI is InChI=1S/C18H26N4O6/c1-5-6-7-8-13(23)21-10-12(16(21)24)11(2)9-22-15(18(26)28-4)14(19-20-22)17(25)27-3/h11-12H,5-10H2,1-4H3/t11-,12-/m1/s1. The number of imide groups is 1. The van der Waals surface area contributed by atoms with Gasteiger partial charge in [0.2, 0.25) is 17.5 Å². The molecule has 1 saturated heterocycles. The Morgan fingerprint density at radius 3 is 2.43 bits per heavy atom. The van der Waals surface area contributed by atoms with Crippen LogP contribution in [0.1, 0.15) is 60.5 Å². The number of carbonyl (C=O) groups excluding carboxylic acids is 4. The zero-order valence-electron chi connectivity index (χ0n) is 16.6. The van der Waals surface area contributed by atoms with Crippen molar-refractivity contribution >= 4 is 23.8 Å². The molecule has 10 heteroatoms. The Morgan fingerprint density at radius 2 is 1.86 bits per heavy atom. The van der Waals surface area contributed by atoms with E-state index in [0.717, 1.165) is 19.3 Å². The normalized spacial score (nSPS) is 17.1. The molecule has 1 aliphatic rings. The molecule has 2 rings (SSSR count). The molecule has 154 valence electrons. The molecule has 1 aromatic heterocycles. The van der Waals surface area contributed by atoms with Gasteiger partial charge in [-0.25, -0.2) is 14.3 Å². The molecule has 0 aliphatic carbocycles. The van der Waals surface area contributed by atoms with E-state index in [4.69, 9.17) is 4.74 Å². The van der Waals surface area contributed by atoms with E-state index in [1.807, 2.05) is 6.92 Å². The van der Waals surface area contributed by atoms with E-state index in [2.05, 4.69) is 22.0 Å². The predicted octanol–water partition coefficient (Wildman–Crippen LogP) is 1.05. The van der Waals surface area contributed by atoms with Crippen molar-refractivity contribution < 1.29 is 28.7 Å². The second-order valence-corrected chi connectivity index (χ2v) is 6.84. The fraction of sp³-hybridized carbons (Fsp3) is 0.667. The summed E-state index contributed by atoms with van der Waals surface area (Å²) in [5.74, 6) is -2.52. The number of carbonyl (C=O) groups is 4. The molecule has 1 aliphatic heterocycles. The maximum absolute atomic E-state index is 12.4. The molecule has 2 heterocycles. The number of ether oxygens (including phenoxy) is 2. The average Bonchev–Trinajstić information content (AvgIpc) is 3.09. The Bertz CT molecular complexity index is 759. The van der Waals surface area contributed by atoms with Crippen LogP contribution >= 0.6 is 0 Å². The predicted molar refractivity (Wildman–Crippen MR) is 96.2 cm³/mol. The highest BCUT2D eigenvalue weighted by Crippen LogP contribution is 2.28. The summed E-state index contributed by atoms with van der Waals surface area (Å²) in [6, 6.07) is 0. The summed E-state index contributed by atoms with van der Waals surface area (Å²) < 4.78 is 10.5. The topological polar surface area (TPSA) is 121 Å². The third-order valence-corrected chi connectivity index (χ3v) is 4.90. The second-order valence-electron chi connectivity index (χ2n) is 6.84. The molecule has 28 heavy (non-hydrogen) atoms. The van der Waals surface area contributed by atoms with Crippen LogP contribution in [0, 0.1) is 11.8 Å². The van der Waals surface area contributed by atoms with Crippen molar-refractivity contribution in [2.75, 3.05) is 20.8 Å². The first-order valence-electron chi connectivity index (χ1n) is 9.29. The third kappa shape index (κ3) is 4.37. The van der Waals surface area contributed by atoms with Gasteiger partial charge in [-0.2, -0.15) is 0 Å². The smallest absolute Gasteiger partial charge is 0.361 e. The van der Waals surface area contributed by atoms with Crippen LogP contribution in [-0.2, 0) is 25.6 Å². The number of hydrogen-bond donors (Lipinski definition) is 0. The summed E-state index contributed by atoms with van der Waals surface area (Å²) in [4.78, 5) is 49.6. The van der Waals surface area contributed by atoms with Crippen molar-refractivity contribution in [1.29, 1.82) is 0 Å². The molecule has 1 aromatic rings. The molecule has 0 saturated carbocycles. The fourth-order valence-electron chi connectivity index (χ4n) is 3.14. The van der Waals surface area contributed by atoms with Crippen molar-refractivity contribution in [3.05, 3.63) is 11.4 Å². The highest BCUT2D eigenvalue weighted by Gasteiger charge is 2.43. The van der Waals surface area contributed by atoms with Crippen molar-refractivity contribution in [3.8, 4) is 0 Å². The molecule has 2 amide bonds. The minimum atomic E-state index is -0.803. The zero-order chi connectivity index (χ0) is 20.8. The van der Waals surface area contributed by atoms with Crippen molar-refractivity contribution in [1.82, 2.24) is 19.9 Å². The number of aromatic nitrogens is 3. The second kappa shape index (κ2) is 9.43. The molecular weight excluding hydrogens is 368 g/mol. The van der Waals surface area contributed by atoms with Crippen LogP contribution in [0.15, 0.2) is 0 Å². The molecule has 0 unspecified atom stereocenters. The number of esters is 2. The summed E-state index contributed by atoms with van der Waals surface area (Å²) in [7, 11) is 2.35. The number of methoxy groups -OCH3 is 2. The molecule has 10 nitrogen and oxygen atoms in total. The van der Waals surface area contributed by atoms with Gasteiger partial charge in [-0.3, -0.25) is 14.5 Å². The lowest BCUT2D eigenvalue weighted by Crippen LogP contribution is -2.57. The molecule has 1 fully saturated rings. The Labute approximate surface area is 163 Å². The SMILES string of the molecule is CCCCCC(=O)N1C[C@H]([C@H](C)Cn2nnc(C(=O)OC)c2C(=O)OC)C1=O. The molecular formula is C18H26N4O6. The van der Waals surface area contributed by atoms with Gasteiger partial charge in [-0.1, -0.05) is 31.9 Å². The van der Waals surface area contributed by atoms with Gasteiger partial charge in [-0.05, 0) is 12.3 Å². The van der Waals surface area contributed by atoms with Gasteiger partial charge in [0.15, 0.2) is 5.69 Å². The Kier molecular flexibility index (Phi) is 7.24. The monoisotopic (exact) mass is 394 g/mol. The van der Waals surface area contributed by atoms with Crippen molar-refractivity contribution in [3.63, 3.8) is 0 Å². The number of unbranched alkanes of at least 4 members (excludes halogenated alkanes) is 2. The zero-order valence-corrected chi connectivity index (χ0v) is 16.6. The maximum Gasteiger partial charge on any atom is 0.361 e. The van der Waals surface area contributed by atoms with E-state index in [-0.39, 0.29) is 41.6 Å². The van der Waals surface area contributed by atoms with Gasteiger partial charge >= 0.3 is 11.9 Å². The van der Waals surface area contributed by atoms with E-state index in [1.165, 1.54) is 23.8 Å². The van der Waals surface area contributed by atoms with Crippen LogP contribution in [0.5, 0.6) is 0 Å². The van der Waals surface area contributed by atoms with E-state index < -0.39 is 11.9 Å². The molecule has 2 atom stereocenters. The van der Waals surface area contributed by atoms with Gasteiger partial charge in [-0.15, -0.1) is 5.10 Å². The number of nitrogens with zero attached hydrogens (tertiary/aromatic N) is 4. The fourth-order valence-corrected chi connectivity index (χ4v) is 3.14. The van der Waals surface area contributed by atoms with Crippen molar-refractivity contribution in [2.24, 2.45) is 11.8 Å². The van der Waals surface area contributed by atoms with Crippen LogP contribution in [0.4, 0.5) is 0 Å². The Balaban J connectivity index is 2.04. The van der Waals surface area contributed by atoms with Gasteiger partial charge in [0.05, 0.1) is 20.1 Å². The Morgan fingerprint density at radius 1 is 1.18 bits per heavy atom. The first-order valence-corrected chi connectivity index (χ1v) is 9.29. The summed E-state index contributed by atoms with van der Waals surface area (Å²) in [6.07, 6.45) is 3.11. The summed E-state index contributed by atoms with van der Waals surface area (Å²) >= 11 is 0. The number of rotatable bonds is 9. The lowest BCUT2D eigenvalue weighted by molar-refractivity contribution is -0.161. The van der Waals surface area contributed by atoms with E-state index in [0.29, 0.717) is 13.0 Å². The first-order chi connectivity index (χ1) is 13.3. The molecule has 0 aromatic carbocycles. The summed E-state index contributed by atoms with van der Waals surface area (Å²) in [6.45, 7) is 4.39. The van der Waals surface area contributed by atoms with Gasteiger partial charge < -0.3 is 9.47 Å². The minimum Gasteiger partial charge on any atom is -0.464 e. The third-order valence-electron chi connectivity index (χ3n) is 4.90. The largest absolute Gasteiger partial charge is 0.464 e. The number of β-lactam (4-membered cyclic amide) rings is 1. The highest BCUT2D eigenvalue weighted by molar-refractivity contribution is 6.01. The summed E-state index contributed by atoms with van der Waals surface area (Å²) in [5.41, 5.74) is -0.366. The first kappa shape index (κ1) is 21.5. The molecule has 0 bridgehead atoms. The summed E-state index contributed by atoms with van der Waals surface area (Å²) in [5, 5.41) is 7.54. The van der Waals surface area contributed by atoms with Crippen LogP contribution in [0.25, 0.3) is 0 Å². The number of likely N-dealkylation sites (tertiary alicyclic amines) is 1. The molecule has 0 spiro atoms. The minimum absolute atomic E-state index is 0.125. The van der Waals surface area contributed by atoms with Gasteiger partial charge in [0.1, 0.15) is 0 Å². The van der Waals surface area contributed by atoms with Crippen LogP contribution in [0.2, 0.25) is 0 Å². The average molecular weight is 394 g/mol. The molecule has 0 N–H and O–H groups in total. The van der Waals surface area contributed by atoms with E-state index in [9.17, 15) is 19.2 Å². The lowest BCUT2D eigenvalue weighted by atomic mass is 9.85. The van der Waals surface area contributed by atoms with Crippen LogP contribution in [0.3, 0.4) is 0 Å². The molecule has 0 radical (unpaired) electrons. The Hall–Kier alpha value is -2.78.